The number of furan rings is 1. The lowest BCUT2D eigenvalue weighted by atomic mass is 10.1. The van der Waals surface area contributed by atoms with Crippen LogP contribution < -0.4 is 5.32 Å². The first-order valence-electron chi connectivity index (χ1n) is 6.89. The first-order valence-corrected chi connectivity index (χ1v) is 6.89. The van der Waals surface area contributed by atoms with E-state index in [2.05, 4.69) is 11.4 Å². The first-order chi connectivity index (χ1) is 8.90. The van der Waals surface area contributed by atoms with Gasteiger partial charge in [-0.3, -0.25) is 0 Å². The summed E-state index contributed by atoms with van der Waals surface area (Å²) < 4.78 is 16.6. The van der Waals surface area contributed by atoms with Crippen molar-refractivity contribution in [3.05, 3.63) is 23.7 Å². The third-order valence-corrected chi connectivity index (χ3v) is 3.51. The Morgan fingerprint density at radius 3 is 2.83 bits per heavy atom. The van der Waals surface area contributed by atoms with Gasteiger partial charge in [0.25, 0.3) is 0 Å². The van der Waals surface area contributed by atoms with Crippen molar-refractivity contribution in [3.8, 4) is 0 Å². The number of rotatable bonds is 6. The molecular formula is C14H21NO3. The molecule has 0 amide bonds. The molecule has 0 spiro atoms. The van der Waals surface area contributed by atoms with Crippen LogP contribution in [0.25, 0.3) is 0 Å². The van der Waals surface area contributed by atoms with Crippen LogP contribution in [0.2, 0.25) is 0 Å². The van der Waals surface area contributed by atoms with Gasteiger partial charge in [-0.05, 0) is 31.7 Å². The van der Waals surface area contributed by atoms with Crippen molar-refractivity contribution in [3.63, 3.8) is 0 Å². The van der Waals surface area contributed by atoms with Crippen molar-refractivity contribution in [2.75, 3.05) is 13.2 Å². The number of nitrogens with one attached hydrogen (secondary N) is 1. The van der Waals surface area contributed by atoms with E-state index in [1.165, 1.54) is 18.4 Å². The monoisotopic (exact) mass is 251 g/mol. The van der Waals surface area contributed by atoms with Crippen molar-refractivity contribution in [2.24, 2.45) is 0 Å². The topological polar surface area (TPSA) is 43.6 Å². The molecule has 18 heavy (non-hydrogen) atoms. The standard InChI is InChI=1S/C14H21NO3/c1-2-12(1)15-8-11-7-14(17-9-11)10-18-13-3-5-16-6-4-13/h7,9,12-13,15H,1-6,8,10H2. The SMILES string of the molecule is c1oc(COC2CCOCC2)cc1CNC1CC1. The molecule has 100 valence electrons. The molecule has 0 bridgehead atoms. The lowest BCUT2D eigenvalue weighted by Crippen LogP contribution is -2.23. The minimum atomic E-state index is 0.330. The van der Waals surface area contributed by atoms with Gasteiger partial charge in [-0.2, -0.15) is 0 Å². The normalized spacial score (nSPS) is 21.3. The van der Waals surface area contributed by atoms with Crippen LogP contribution in [0, 0.1) is 0 Å². The third-order valence-electron chi connectivity index (χ3n) is 3.51. The molecule has 1 saturated heterocycles. The molecule has 4 nitrogen and oxygen atoms in total. The number of ether oxygens (including phenoxy) is 2. The summed E-state index contributed by atoms with van der Waals surface area (Å²) in [6, 6.07) is 2.83. The molecule has 1 N–H and O–H groups in total. The average molecular weight is 251 g/mol. The Bertz CT molecular complexity index is 367. The van der Waals surface area contributed by atoms with Crippen LogP contribution in [0.15, 0.2) is 16.7 Å². The van der Waals surface area contributed by atoms with E-state index >= 15 is 0 Å². The van der Waals surface area contributed by atoms with Crippen LogP contribution in [0.3, 0.4) is 0 Å². The van der Waals surface area contributed by atoms with E-state index in [-0.39, 0.29) is 0 Å². The molecule has 1 aliphatic carbocycles. The Kier molecular flexibility index (Phi) is 3.98. The van der Waals surface area contributed by atoms with Crippen molar-refractivity contribution >= 4 is 0 Å². The fourth-order valence-electron chi connectivity index (χ4n) is 2.19. The second-order valence-corrected chi connectivity index (χ2v) is 5.20. The molecule has 2 fully saturated rings. The van der Waals surface area contributed by atoms with E-state index < -0.39 is 0 Å². The Morgan fingerprint density at radius 1 is 1.22 bits per heavy atom. The van der Waals surface area contributed by atoms with Gasteiger partial charge in [-0.25, -0.2) is 0 Å². The van der Waals surface area contributed by atoms with Crippen LogP contribution in [-0.4, -0.2) is 25.4 Å². The zero-order chi connectivity index (χ0) is 12.2. The summed E-state index contributed by atoms with van der Waals surface area (Å²) in [5, 5.41) is 3.47. The van der Waals surface area contributed by atoms with Gasteiger partial charge in [0, 0.05) is 31.4 Å². The molecule has 0 atom stereocenters. The summed E-state index contributed by atoms with van der Waals surface area (Å²) in [7, 11) is 0. The zero-order valence-corrected chi connectivity index (χ0v) is 10.7. The molecular weight excluding hydrogens is 230 g/mol. The minimum absolute atomic E-state index is 0.330. The molecule has 4 heteroatoms. The highest BCUT2D eigenvalue weighted by Crippen LogP contribution is 2.20. The van der Waals surface area contributed by atoms with E-state index in [1.54, 1.807) is 0 Å². The quantitative estimate of drug-likeness (QED) is 0.842. The summed E-state index contributed by atoms with van der Waals surface area (Å²) in [4.78, 5) is 0. The highest BCUT2D eigenvalue weighted by Gasteiger charge is 2.20. The summed E-state index contributed by atoms with van der Waals surface area (Å²) in [5.41, 5.74) is 1.22. The average Bonchev–Trinajstić information content (AvgIpc) is 3.14. The van der Waals surface area contributed by atoms with Crippen molar-refractivity contribution in [1.29, 1.82) is 0 Å². The minimum Gasteiger partial charge on any atom is -0.467 e. The fraction of sp³-hybridized carbons (Fsp3) is 0.714. The molecule has 1 aromatic rings. The Morgan fingerprint density at radius 2 is 2.06 bits per heavy atom. The second-order valence-electron chi connectivity index (χ2n) is 5.20. The largest absolute Gasteiger partial charge is 0.467 e. The molecule has 1 saturated carbocycles. The summed E-state index contributed by atoms with van der Waals surface area (Å²) in [6.45, 7) is 3.12. The maximum absolute atomic E-state index is 5.83. The molecule has 1 aliphatic heterocycles. The smallest absolute Gasteiger partial charge is 0.129 e. The van der Waals surface area contributed by atoms with Gasteiger partial charge in [-0.1, -0.05) is 0 Å². The summed E-state index contributed by atoms with van der Waals surface area (Å²) in [5.74, 6) is 0.925. The third kappa shape index (κ3) is 3.57. The van der Waals surface area contributed by atoms with E-state index in [9.17, 15) is 0 Å². The second kappa shape index (κ2) is 5.87. The van der Waals surface area contributed by atoms with E-state index in [0.717, 1.165) is 44.4 Å². The van der Waals surface area contributed by atoms with Crippen molar-refractivity contribution < 1.29 is 13.9 Å². The lowest BCUT2D eigenvalue weighted by Gasteiger charge is -2.21. The van der Waals surface area contributed by atoms with Gasteiger partial charge in [0.15, 0.2) is 0 Å². The predicted octanol–water partition coefficient (Wildman–Crippen LogP) is 2.23. The van der Waals surface area contributed by atoms with E-state index in [1.807, 2.05) is 6.26 Å². The van der Waals surface area contributed by atoms with Crippen LogP contribution in [0.5, 0.6) is 0 Å². The summed E-state index contributed by atoms with van der Waals surface area (Å²) >= 11 is 0. The lowest BCUT2D eigenvalue weighted by molar-refractivity contribution is -0.0433. The van der Waals surface area contributed by atoms with Gasteiger partial charge in [-0.15, -0.1) is 0 Å². The van der Waals surface area contributed by atoms with Crippen LogP contribution >= 0.6 is 0 Å². The Balaban J connectivity index is 1.41. The molecule has 2 heterocycles. The molecule has 1 aromatic heterocycles. The summed E-state index contributed by atoms with van der Waals surface area (Å²) in [6.07, 6.45) is 6.79. The highest BCUT2D eigenvalue weighted by molar-refractivity contribution is 5.12. The molecule has 2 aliphatic rings. The van der Waals surface area contributed by atoms with Gasteiger partial charge >= 0.3 is 0 Å². The number of hydrogen-bond acceptors (Lipinski definition) is 4. The van der Waals surface area contributed by atoms with E-state index in [0.29, 0.717) is 12.7 Å². The molecule has 3 rings (SSSR count). The van der Waals surface area contributed by atoms with Gasteiger partial charge < -0.3 is 19.2 Å². The van der Waals surface area contributed by atoms with E-state index in [4.69, 9.17) is 13.9 Å². The first kappa shape index (κ1) is 12.2. The predicted molar refractivity (Wildman–Crippen MR) is 67.2 cm³/mol. The van der Waals surface area contributed by atoms with Gasteiger partial charge in [0.2, 0.25) is 0 Å². The molecule has 0 unspecified atom stereocenters. The van der Waals surface area contributed by atoms with Crippen LogP contribution in [0.4, 0.5) is 0 Å². The van der Waals surface area contributed by atoms with Gasteiger partial charge in [0.1, 0.15) is 12.4 Å². The fourth-order valence-corrected chi connectivity index (χ4v) is 2.19. The zero-order valence-electron chi connectivity index (χ0n) is 10.7. The van der Waals surface area contributed by atoms with Crippen molar-refractivity contribution in [2.45, 2.75) is 51.0 Å². The maximum Gasteiger partial charge on any atom is 0.129 e. The molecule has 0 aromatic carbocycles. The van der Waals surface area contributed by atoms with Crippen LogP contribution in [-0.2, 0) is 22.6 Å². The van der Waals surface area contributed by atoms with Crippen LogP contribution in [0.1, 0.15) is 37.0 Å². The maximum atomic E-state index is 5.83. The Hall–Kier alpha value is -0.840. The number of hydrogen-bond donors (Lipinski definition) is 1. The highest BCUT2D eigenvalue weighted by atomic mass is 16.5. The van der Waals surface area contributed by atoms with Gasteiger partial charge in [0.05, 0.1) is 12.4 Å². The van der Waals surface area contributed by atoms with Crippen molar-refractivity contribution in [1.82, 2.24) is 5.32 Å². The Labute approximate surface area is 108 Å². The molecule has 0 radical (unpaired) electrons.